The molecule has 0 aliphatic heterocycles. The van der Waals surface area contributed by atoms with Crippen LogP contribution in [-0.4, -0.2) is 26.4 Å². The number of aromatic nitrogens is 2. The Labute approximate surface area is 120 Å². The molecule has 0 fully saturated rings. The zero-order valence-electron chi connectivity index (χ0n) is 11.2. The summed E-state index contributed by atoms with van der Waals surface area (Å²) in [4.78, 5) is 10.6. The summed E-state index contributed by atoms with van der Waals surface area (Å²) in [7, 11) is 0. The molecule has 108 valence electrons. The smallest absolute Gasteiger partial charge is 0.333 e. The molecule has 1 unspecified atom stereocenters. The van der Waals surface area contributed by atoms with Crippen LogP contribution in [0.2, 0.25) is 0 Å². The van der Waals surface area contributed by atoms with Gasteiger partial charge in [0.1, 0.15) is 5.69 Å². The van der Waals surface area contributed by atoms with Gasteiger partial charge >= 0.3 is 5.69 Å². The van der Waals surface area contributed by atoms with E-state index >= 15 is 0 Å². The molecule has 2 aromatic rings. The minimum atomic E-state index is -0.707. The Balaban J connectivity index is 2.18. The average molecular weight is 296 g/mol. The van der Waals surface area contributed by atoms with E-state index in [-0.39, 0.29) is 12.2 Å². The molecule has 1 atom stereocenters. The summed E-state index contributed by atoms with van der Waals surface area (Å²) < 4.78 is 1.54. The SMILES string of the molecule is CCn1nc(C)c([N+](=O)[O-])c1NCC(O)c1ccsc1. The fraction of sp³-hybridized carbons (Fsp3) is 0.417. The first-order valence-electron chi connectivity index (χ1n) is 6.20. The standard InChI is InChI=1S/C12H16N4O3S/c1-3-15-12(11(16(18)19)8(2)14-15)13-6-10(17)9-4-5-20-7-9/h4-5,7,10,13,17H,3,6H2,1-2H3. The van der Waals surface area contributed by atoms with E-state index in [1.165, 1.54) is 16.0 Å². The van der Waals surface area contributed by atoms with E-state index in [1.54, 1.807) is 6.92 Å². The van der Waals surface area contributed by atoms with E-state index in [0.29, 0.717) is 18.1 Å². The third kappa shape index (κ3) is 2.81. The van der Waals surface area contributed by atoms with Crippen molar-refractivity contribution in [2.75, 3.05) is 11.9 Å². The zero-order valence-corrected chi connectivity index (χ0v) is 12.1. The van der Waals surface area contributed by atoms with E-state index in [2.05, 4.69) is 10.4 Å². The molecule has 0 bridgehead atoms. The molecule has 7 nitrogen and oxygen atoms in total. The predicted octanol–water partition coefficient (Wildman–Crippen LogP) is 2.33. The van der Waals surface area contributed by atoms with Crippen molar-refractivity contribution in [3.8, 4) is 0 Å². The van der Waals surface area contributed by atoms with Gasteiger partial charge in [0.15, 0.2) is 0 Å². The van der Waals surface area contributed by atoms with Crippen molar-refractivity contribution < 1.29 is 10.0 Å². The summed E-state index contributed by atoms with van der Waals surface area (Å²) in [5.41, 5.74) is 1.12. The Kier molecular flexibility index (Phi) is 4.35. The molecule has 0 saturated carbocycles. The van der Waals surface area contributed by atoms with Gasteiger partial charge in [0.25, 0.3) is 0 Å². The number of nitro groups is 1. The van der Waals surface area contributed by atoms with Crippen molar-refractivity contribution in [3.63, 3.8) is 0 Å². The van der Waals surface area contributed by atoms with E-state index < -0.39 is 11.0 Å². The van der Waals surface area contributed by atoms with E-state index in [0.717, 1.165) is 5.56 Å². The Bertz CT molecular complexity index is 594. The van der Waals surface area contributed by atoms with Crippen molar-refractivity contribution in [1.82, 2.24) is 9.78 Å². The number of hydrogen-bond donors (Lipinski definition) is 2. The lowest BCUT2D eigenvalue weighted by Crippen LogP contribution is -2.15. The zero-order chi connectivity index (χ0) is 14.7. The number of nitrogens with one attached hydrogen (secondary N) is 1. The molecule has 0 radical (unpaired) electrons. The number of anilines is 1. The normalized spacial score (nSPS) is 12.3. The second-order valence-electron chi connectivity index (χ2n) is 4.31. The molecule has 2 aromatic heterocycles. The average Bonchev–Trinajstić information content (AvgIpc) is 3.02. The highest BCUT2D eigenvalue weighted by Gasteiger charge is 2.25. The van der Waals surface area contributed by atoms with Gasteiger partial charge < -0.3 is 10.4 Å². The minimum absolute atomic E-state index is 0.0376. The van der Waals surface area contributed by atoms with Crippen LogP contribution in [0.1, 0.15) is 24.3 Å². The molecule has 2 heterocycles. The molecule has 2 N–H and O–H groups in total. The Morgan fingerprint density at radius 3 is 2.95 bits per heavy atom. The van der Waals surface area contributed by atoms with Crippen molar-refractivity contribution in [2.45, 2.75) is 26.5 Å². The molecular formula is C12H16N4O3S. The van der Waals surface area contributed by atoms with Gasteiger partial charge in [-0.25, -0.2) is 4.68 Å². The Hall–Kier alpha value is -1.93. The van der Waals surface area contributed by atoms with Gasteiger partial charge in [-0.2, -0.15) is 16.4 Å². The van der Waals surface area contributed by atoms with Gasteiger partial charge in [0, 0.05) is 13.1 Å². The van der Waals surface area contributed by atoms with Crippen molar-refractivity contribution in [1.29, 1.82) is 0 Å². The number of thiophene rings is 1. The second-order valence-corrected chi connectivity index (χ2v) is 5.09. The molecule has 0 spiro atoms. The van der Waals surface area contributed by atoms with Crippen LogP contribution in [0.25, 0.3) is 0 Å². The predicted molar refractivity (Wildman–Crippen MR) is 77.1 cm³/mol. The number of aliphatic hydroxyl groups is 1. The maximum atomic E-state index is 11.1. The molecule has 0 aromatic carbocycles. The van der Waals surface area contributed by atoms with E-state index in [4.69, 9.17) is 0 Å². The quantitative estimate of drug-likeness (QED) is 0.630. The number of aryl methyl sites for hydroxylation is 2. The lowest BCUT2D eigenvalue weighted by atomic mass is 10.2. The summed E-state index contributed by atoms with van der Waals surface area (Å²) >= 11 is 1.50. The first kappa shape index (κ1) is 14.5. The fourth-order valence-electron chi connectivity index (χ4n) is 1.97. The minimum Gasteiger partial charge on any atom is -0.387 e. The summed E-state index contributed by atoms with van der Waals surface area (Å²) in [5, 5.41) is 31.9. The first-order chi connectivity index (χ1) is 9.54. The van der Waals surface area contributed by atoms with Crippen LogP contribution >= 0.6 is 11.3 Å². The molecule has 0 aliphatic carbocycles. The molecule has 20 heavy (non-hydrogen) atoms. The molecule has 0 saturated heterocycles. The first-order valence-corrected chi connectivity index (χ1v) is 7.14. The number of aliphatic hydroxyl groups excluding tert-OH is 1. The van der Waals surface area contributed by atoms with Gasteiger partial charge in [-0.3, -0.25) is 10.1 Å². The maximum Gasteiger partial charge on any atom is 0.333 e. The fourth-order valence-corrected chi connectivity index (χ4v) is 2.68. The lowest BCUT2D eigenvalue weighted by molar-refractivity contribution is -0.384. The van der Waals surface area contributed by atoms with Crippen molar-refractivity contribution >= 4 is 22.8 Å². The van der Waals surface area contributed by atoms with Gasteiger partial charge in [-0.05, 0) is 36.2 Å². The van der Waals surface area contributed by atoms with E-state index in [9.17, 15) is 15.2 Å². The van der Waals surface area contributed by atoms with Crippen LogP contribution in [0.4, 0.5) is 11.5 Å². The highest BCUT2D eigenvalue weighted by molar-refractivity contribution is 7.07. The van der Waals surface area contributed by atoms with Crippen LogP contribution in [0, 0.1) is 17.0 Å². The number of rotatable bonds is 6. The number of hydrogen-bond acceptors (Lipinski definition) is 6. The van der Waals surface area contributed by atoms with Crippen LogP contribution in [0.5, 0.6) is 0 Å². The van der Waals surface area contributed by atoms with Crippen molar-refractivity contribution in [3.05, 3.63) is 38.2 Å². The highest BCUT2D eigenvalue weighted by Crippen LogP contribution is 2.28. The molecule has 2 rings (SSSR count). The maximum absolute atomic E-state index is 11.1. The van der Waals surface area contributed by atoms with Crippen LogP contribution < -0.4 is 5.32 Å². The monoisotopic (exact) mass is 296 g/mol. The molecule has 8 heteroatoms. The summed E-state index contributed by atoms with van der Waals surface area (Å²) in [6, 6.07) is 1.83. The van der Waals surface area contributed by atoms with Gasteiger partial charge in [0.05, 0.1) is 11.0 Å². The third-order valence-electron chi connectivity index (χ3n) is 2.97. The Morgan fingerprint density at radius 2 is 2.40 bits per heavy atom. The van der Waals surface area contributed by atoms with Crippen LogP contribution in [0.3, 0.4) is 0 Å². The molecule has 0 amide bonds. The topological polar surface area (TPSA) is 93.2 Å². The van der Waals surface area contributed by atoms with Crippen molar-refractivity contribution in [2.24, 2.45) is 0 Å². The van der Waals surface area contributed by atoms with Gasteiger partial charge in [0.2, 0.25) is 5.82 Å². The summed E-state index contributed by atoms with van der Waals surface area (Å²) in [6.07, 6.45) is -0.707. The van der Waals surface area contributed by atoms with Crippen LogP contribution in [-0.2, 0) is 6.54 Å². The Morgan fingerprint density at radius 1 is 1.65 bits per heavy atom. The number of nitrogens with zero attached hydrogens (tertiary/aromatic N) is 3. The second kappa shape index (κ2) is 6.02. The van der Waals surface area contributed by atoms with E-state index in [1.807, 2.05) is 23.8 Å². The van der Waals surface area contributed by atoms with Gasteiger partial charge in [-0.15, -0.1) is 0 Å². The van der Waals surface area contributed by atoms with Gasteiger partial charge in [-0.1, -0.05) is 0 Å². The third-order valence-corrected chi connectivity index (χ3v) is 3.67. The lowest BCUT2D eigenvalue weighted by Gasteiger charge is -2.12. The molecular weight excluding hydrogens is 280 g/mol. The molecule has 0 aliphatic rings. The summed E-state index contributed by atoms with van der Waals surface area (Å²) in [5.74, 6) is 0.337. The van der Waals surface area contributed by atoms with Crippen LogP contribution in [0.15, 0.2) is 16.8 Å². The summed E-state index contributed by atoms with van der Waals surface area (Å²) in [6.45, 7) is 4.18. The highest BCUT2D eigenvalue weighted by atomic mass is 32.1. The largest absolute Gasteiger partial charge is 0.387 e.